The lowest BCUT2D eigenvalue weighted by atomic mass is 9.87. The van der Waals surface area contributed by atoms with Gasteiger partial charge in [-0.25, -0.2) is 0 Å². The maximum absolute atomic E-state index is 12.1. The summed E-state index contributed by atoms with van der Waals surface area (Å²) < 4.78 is 0. The Hall–Kier alpha value is -1.06. The van der Waals surface area contributed by atoms with Gasteiger partial charge in [-0.15, -0.1) is 0 Å². The summed E-state index contributed by atoms with van der Waals surface area (Å²) in [5, 5.41) is 2.72. The Kier molecular flexibility index (Phi) is 3.15. The van der Waals surface area contributed by atoms with Crippen molar-refractivity contribution < 1.29 is 9.59 Å². The molecule has 1 saturated carbocycles. The van der Waals surface area contributed by atoms with Gasteiger partial charge >= 0.3 is 0 Å². The van der Waals surface area contributed by atoms with Gasteiger partial charge in [0.1, 0.15) is 12.1 Å². The topological polar surface area (TPSA) is 49.4 Å². The molecule has 1 aliphatic heterocycles. The van der Waals surface area contributed by atoms with Gasteiger partial charge in [0.15, 0.2) is 0 Å². The molecule has 2 atom stereocenters. The van der Waals surface area contributed by atoms with Crippen LogP contribution >= 0.6 is 0 Å². The molecule has 4 heteroatoms. The number of hydrogen-bond donors (Lipinski definition) is 1. The van der Waals surface area contributed by atoms with E-state index in [-0.39, 0.29) is 29.3 Å². The molecule has 2 rings (SSSR count). The molecule has 0 aromatic carbocycles. The number of rotatable bonds is 2. The largest absolute Gasteiger partial charge is 0.343 e. The third-order valence-electron chi connectivity index (χ3n) is 4.22. The van der Waals surface area contributed by atoms with Crippen molar-refractivity contribution in [2.24, 2.45) is 5.41 Å². The van der Waals surface area contributed by atoms with Gasteiger partial charge in [-0.1, -0.05) is 19.8 Å². The Bertz CT molecular complexity index is 334. The molecule has 0 aromatic heterocycles. The first-order chi connectivity index (χ1) is 7.93. The van der Waals surface area contributed by atoms with Crippen LogP contribution in [-0.2, 0) is 9.59 Å². The van der Waals surface area contributed by atoms with Gasteiger partial charge in [-0.05, 0) is 32.1 Å². The predicted octanol–water partition coefficient (Wildman–Crippen LogP) is 1.30. The van der Waals surface area contributed by atoms with Crippen LogP contribution in [0.1, 0.15) is 46.5 Å². The van der Waals surface area contributed by atoms with E-state index in [0.717, 1.165) is 6.54 Å². The summed E-state index contributed by atoms with van der Waals surface area (Å²) in [7, 11) is 0. The second-order valence-electron chi connectivity index (χ2n) is 5.89. The van der Waals surface area contributed by atoms with Crippen molar-refractivity contribution in [1.82, 2.24) is 10.2 Å². The molecule has 0 radical (unpaired) electrons. The fourth-order valence-corrected chi connectivity index (χ4v) is 2.99. The van der Waals surface area contributed by atoms with Crippen LogP contribution in [0.4, 0.5) is 0 Å². The maximum atomic E-state index is 12.1. The molecule has 17 heavy (non-hydrogen) atoms. The second kappa shape index (κ2) is 4.31. The molecule has 0 aromatic rings. The van der Waals surface area contributed by atoms with E-state index in [1.54, 1.807) is 11.8 Å². The molecule has 2 unspecified atom stereocenters. The first kappa shape index (κ1) is 12.4. The zero-order chi connectivity index (χ0) is 12.6. The van der Waals surface area contributed by atoms with Crippen molar-refractivity contribution in [3.63, 3.8) is 0 Å². The van der Waals surface area contributed by atoms with Crippen LogP contribution < -0.4 is 5.32 Å². The highest BCUT2D eigenvalue weighted by Crippen LogP contribution is 2.38. The first-order valence-electron chi connectivity index (χ1n) is 6.54. The SMILES string of the molecule is CC1NC(=O)C(C)N(CC2(C)CCCC2)C1=O. The third kappa shape index (κ3) is 2.31. The molecular formula is C13H22N2O2. The van der Waals surface area contributed by atoms with Crippen molar-refractivity contribution in [3.8, 4) is 0 Å². The van der Waals surface area contributed by atoms with Gasteiger partial charge in [0, 0.05) is 6.54 Å². The van der Waals surface area contributed by atoms with Crippen molar-refractivity contribution in [2.75, 3.05) is 6.54 Å². The Labute approximate surface area is 103 Å². The van der Waals surface area contributed by atoms with E-state index >= 15 is 0 Å². The van der Waals surface area contributed by atoms with E-state index < -0.39 is 0 Å². The summed E-state index contributed by atoms with van der Waals surface area (Å²) in [5.41, 5.74) is 0.210. The monoisotopic (exact) mass is 238 g/mol. The van der Waals surface area contributed by atoms with Crippen LogP contribution in [-0.4, -0.2) is 35.3 Å². The van der Waals surface area contributed by atoms with E-state index in [1.807, 2.05) is 6.92 Å². The van der Waals surface area contributed by atoms with Crippen LogP contribution in [0.25, 0.3) is 0 Å². The molecule has 2 fully saturated rings. The summed E-state index contributed by atoms with van der Waals surface area (Å²) in [6.07, 6.45) is 4.82. The number of amides is 2. The van der Waals surface area contributed by atoms with Gasteiger partial charge in [0.05, 0.1) is 0 Å². The number of nitrogens with zero attached hydrogens (tertiary/aromatic N) is 1. The smallest absolute Gasteiger partial charge is 0.245 e. The molecule has 4 nitrogen and oxygen atoms in total. The summed E-state index contributed by atoms with van der Waals surface area (Å²) in [6, 6.07) is -0.695. The van der Waals surface area contributed by atoms with E-state index in [9.17, 15) is 9.59 Å². The number of carbonyl (C=O) groups is 2. The van der Waals surface area contributed by atoms with E-state index in [0.29, 0.717) is 0 Å². The zero-order valence-corrected chi connectivity index (χ0v) is 11.0. The minimum Gasteiger partial charge on any atom is -0.343 e. The second-order valence-corrected chi connectivity index (χ2v) is 5.89. The lowest BCUT2D eigenvalue weighted by molar-refractivity contribution is -0.149. The third-order valence-corrected chi connectivity index (χ3v) is 4.22. The summed E-state index contributed by atoms with van der Waals surface area (Å²) >= 11 is 0. The van der Waals surface area contributed by atoms with Gasteiger partial charge in [-0.2, -0.15) is 0 Å². The quantitative estimate of drug-likeness (QED) is 0.788. The highest BCUT2D eigenvalue weighted by Gasteiger charge is 2.40. The van der Waals surface area contributed by atoms with Crippen LogP contribution in [0, 0.1) is 5.41 Å². The van der Waals surface area contributed by atoms with Crippen molar-refractivity contribution in [3.05, 3.63) is 0 Å². The van der Waals surface area contributed by atoms with Crippen molar-refractivity contribution in [2.45, 2.75) is 58.5 Å². The number of nitrogens with one attached hydrogen (secondary N) is 1. The molecule has 96 valence electrons. The molecule has 1 aliphatic carbocycles. The van der Waals surface area contributed by atoms with Crippen LogP contribution in [0.15, 0.2) is 0 Å². The fraction of sp³-hybridized carbons (Fsp3) is 0.846. The van der Waals surface area contributed by atoms with Gasteiger partial charge in [0.2, 0.25) is 11.8 Å². The Morgan fingerprint density at radius 2 is 1.88 bits per heavy atom. The Morgan fingerprint density at radius 1 is 1.29 bits per heavy atom. The summed E-state index contributed by atoms with van der Waals surface area (Å²) in [5.74, 6) is 0.0314. The minimum absolute atomic E-state index is 0.0290. The number of hydrogen-bond acceptors (Lipinski definition) is 2. The maximum Gasteiger partial charge on any atom is 0.245 e. The molecule has 1 heterocycles. The van der Waals surface area contributed by atoms with Crippen LogP contribution in [0.5, 0.6) is 0 Å². The van der Waals surface area contributed by atoms with Crippen LogP contribution in [0.2, 0.25) is 0 Å². The normalized spacial score (nSPS) is 32.8. The summed E-state index contributed by atoms with van der Waals surface area (Å²) in [6.45, 7) is 6.54. The molecule has 1 saturated heterocycles. The first-order valence-corrected chi connectivity index (χ1v) is 6.54. The Balaban J connectivity index is 2.11. The number of piperazine rings is 1. The zero-order valence-electron chi connectivity index (χ0n) is 11.0. The molecule has 0 spiro atoms. The Morgan fingerprint density at radius 3 is 2.47 bits per heavy atom. The predicted molar refractivity (Wildman–Crippen MR) is 65.4 cm³/mol. The van der Waals surface area contributed by atoms with Crippen LogP contribution in [0.3, 0.4) is 0 Å². The highest BCUT2D eigenvalue weighted by atomic mass is 16.2. The molecular weight excluding hydrogens is 216 g/mol. The van der Waals surface area contributed by atoms with Gasteiger partial charge in [-0.3, -0.25) is 9.59 Å². The average Bonchev–Trinajstić information content (AvgIpc) is 2.69. The number of carbonyl (C=O) groups excluding carboxylic acids is 2. The van der Waals surface area contributed by atoms with Crippen molar-refractivity contribution >= 4 is 11.8 Å². The lowest BCUT2D eigenvalue weighted by Gasteiger charge is -2.40. The molecule has 2 amide bonds. The standard InChI is InChI=1S/C13H22N2O2/c1-9-12(17)15(10(2)11(16)14-9)8-13(3)6-4-5-7-13/h9-10H,4-8H2,1-3H3,(H,14,16). The van der Waals surface area contributed by atoms with Gasteiger partial charge < -0.3 is 10.2 Å². The average molecular weight is 238 g/mol. The van der Waals surface area contributed by atoms with E-state index in [1.165, 1.54) is 25.7 Å². The highest BCUT2D eigenvalue weighted by molar-refractivity contribution is 5.96. The molecule has 0 bridgehead atoms. The van der Waals surface area contributed by atoms with Gasteiger partial charge in [0.25, 0.3) is 0 Å². The molecule has 2 aliphatic rings. The summed E-state index contributed by atoms with van der Waals surface area (Å²) in [4.78, 5) is 25.6. The van der Waals surface area contributed by atoms with E-state index in [4.69, 9.17) is 0 Å². The van der Waals surface area contributed by atoms with E-state index in [2.05, 4.69) is 12.2 Å². The van der Waals surface area contributed by atoms with Crippen molar-refractivity contribution in [1.29, 1.82) is 0 Å². The lowest BCUT2D eigenvalue weighted by Crippen LogP contribution is -2.62. The minimum atomic E-state index is -0.372. The fourth-order valence-electron chi connectivity index (χ4n) is 2.99. The molecule has 1 N–H and O–H groups in total.